The number of imidazole rings is 3. The molecule has 0 aliphatic carbocycles. The van der Waals surface area contributed by atoms with E-state index in [0.717, 1.165) is 23.8 Å². The van der Waals surface area contributed by atoms with Crippen molar-refractivity contribution in [2.24, 2.45) is 5.73 Å². The van der Waals surface area contributed by atoms with Gasteiger partial charge in [-0.2, -0.15) is 9.97 Å². The van der Waals surface area contributed by atoms with Gasteiger partial charge in [-0.15, -0.1) is 0 Å². The lowest BCUT2D eigenvalue weighted by molar-refractivity contribution is -0.121. The van der Waals surface area contributed by atoms with E-state index in [1.807, 2.05) is 0 Å². The molecule has 0 spiro atoms. The van der Waals surface area contributed by atoms with Crippen LogP contribution in [-0.4, -0.2) is 193 Å². The fraction of sp³-hybridized carbons (Fsp3) is 0.661. The Bertz CT molecular complexity index is 4730. The molecule has 20 N–H and O–H groups in total. The normalized spacial score (nSPS) is 25.7. The second-order valence-corrected chi connectivity index (χ2v) is 38.9. The monoisotopic (exact) mass is 1660 g/mol. The smallest absolute Gasteiger partial charge is 0.330 e. The van der Waals surface area contributed by atoms with Gasteiger partial charge in [-0.05, 0) is 60.6 Å². The number of H-pyrrole nitrogens is 3. The molecule has 11 rings (SSSR count). The van der Waals surface area contributed by atoms with Gasteiger partial charge in [-0.25, -0.2) is 45.0 Å². The van der Waals surface area contributed by atoms with Crippen molar-refractivity contribution in [3.8, 4) is 0 Å². The van der Waals surface area contributed by atoms with Crippen LogP contribution in [0, 0.1) is 6.92 Å². The number of carbonyl (C=O) groups excluding carboxylic acids is 1. The van der Waals surface area contributed by atoms with Crippen LogP contribution in [0.3, 0.4) is 0 Å². The van der Waals surface area contributed by atoms with E-state index in [1.54, 1.807) is 4.57 Å². The molecule has 0 saturated carbocycles. The molecule has 1 amide bonds. The summed E-state index contributed by atoms with van der Waals surface area (Å²) in [5.41, 5.74) is 22.7. The van der Waals surface area contributed by atoms with Gasteiger partial charge in [-0.1, -0.05) is 84.0 Å². The predicted molar refractivity (Wildman–Crippen MR) is 409 cm³/mol. The molecule has 7 aromatic heterocycles. The Morgan fingerprint density at radius 1 is 0.565 bits per heavy atom. The van der Waals surface area contributed by atoms with Crippen LogP contribution < -0.4 is 65.9 Å². The van der Waals surface area contributed by atoms with E-state index in [-0.39, 0.29) is 108 Å². The summed E-state index contributed by atoms with van der Waals surface area (Å²) in [5.74, 6) is -0.513. The van der Waals surface area contributed by atoms with E-state index >= 15 is 0 Å². The molecule has 4 aliphatic heterocycles. The van der Waals surface area contributed by atoms with Gasteiger partial charge in [0.1, 0.15) is 36.8 Å². The fourth-order valence-corrected chi connectivity index (χ4v) is 19.4. The first-order chi connectivity index (χ1) is 51.4. The first kappa shape index (κ1) is 83.6. The first-order valence-corrected chi connectivity index (χ1v) is 45.9. The van der Waals surface area contributed by atoms with Crippen molar-refractivity contribution in [3.63, 3.8) is 0 Å². The zero-order chi connectivity index (χ0) is 77.2. The molecule has 596 valence electrons. The molecule has 49 heteroatoms. The predicted octanol–water partition coefficient (Wildman–Crippen LogP) is 1.96. The van der Waals surface area contributed by atoms with Gasteiger partial charge >= 0.3 is 12.4 Å². The number of nitrogens with two attached hydrogens (primary N) is 4. The molecule has 0 bridgehead atoms. The number of aromatic amines is 3. The number of hydrogen-bond acceptors (Lipinski definition) is 30. The van der Waals surface area contributed by atoms with E-state index < -0.39 is 155 Å². The number of fused-ring (bicyclic) bond motifs is 3. The lowest BCUT2D eigenvalue weighted by Crippen LogP contribution is -2.41. The van der Waals surface area contributed by atoms with Gasteiger partial charge < -0.3 is 94.5 Å². The summed E-state index contributed by atoms with van der Waals surface area (Å²) in [6.07, 6.45) is 12.8. The van der Waals surface area contributed by atoms with E-state index in [1.165, 1.54) is 105 Å². The summed E-state index contributed by atoms with van der Waals surface area (Å²) in [4.78, 5) is 148. The number of ether oxygens (including phenoxy) is 4. The number of unbranched alkanes of at least 4 members (excludes halogenated alkanes) is 12. The summed E-state index contributed by atoms with van der Waals surface area (Å²) in [7, 11) is 0. The highest BCUT2D eigenvalue weighted by atomic mass is 32.5. The highest BCUT2D eigenvalue weighted by Crippen LogP contribution is 2.50. The van der Waals surface area contributed by atoms with E-state index in [2.05, 4.69) is 77.3 Å². The summed E-state index contributed by atoms with van der Waals surface area (Å²) in [6, 6.07) is -3.65. The number of aliphatic hydroxyl groups is 1. The number of hydrogen-bond donors (Lipinski definition) is 16. The second-order valence-electron chi connectivity index (χ2n) is 26.9. The van der Waals surface area contributed by atoms with E-state index in [0.29, 0.717) is 6.42 Å². The number of aliphatic hydroxyl groups excluding tert-OH is 1. The average Bonchev–Trinajstić information content (AvgIpc) is 1.64. The van der Waals surface area contributed by atoms with E-state index in [4.69, 9.17) is 112 Å². The Labute approximate surface area is 637 Å². The number of anilines is 3. The highest BCUT2D eigenvalue weighted by Gasteiger charge is 2.46. The van der Waals surface area contributed by atoms with Crippen LogP contribution in [0.2, 0.25) is 0 Å². The molecule has 4 aliphatic rings. The van der Waals surface area contributed by atoms with Crippen molar-refractivity contribution in [1.82, 2.24) is 88.7 Å². The maximum Gasteiger partial charge on any atom is 0.330 e. The summed E-state index contributed by atoms with van der Waals surface area (Å²) in [6.45, 7) is -15.5. The van der Waals surface area contributed by atoms with Crippen molar-refractivity contribution in [3.05, 3.63) is 78.6 Å². The van der Waals surface area contributed by atoms with Crippen molar-refractivity contribution in [2.45, 2.75) is 209 Å². The van der Waals surface area contributed by atoms with Gasteiger partial charge in [0.25, 0.3) is 36.6 Å². The highest BCUT2D eigenvalue weighted by molar-refractivity contribution is 8.09. The average molecular weight is 1670 g/mol. The number of nitrogens with zero attached hydrogens (tertiary/aromatic N) is 11. The van der Waals surface area contributed by atoms with Crippen LogP contribution in [0.4, 0.5) is 17.7 Å². The van der Waals surface area contributed by atoms with Crippen LogP contribution in [0.5, 0.6) is 0 Å². The minimum absolute atomic E-state index is 0.00198. The van der Waals surface area contributed by atoms with Crippen LogP contribution in [-0.2, 0) is 93.6 Å². The Morgan fingerprint density at radius 2 is 0.991 bits per heavy atom. The van der Waals surface area contributed by atoms with E-state index in [9.17, 15) is 48.7 Å². The lowest BCUT2D eigenvalue weighted by Gasteiger charge is -2.29. The number of nitrogen functional groups attached to an aromatic ring is 3. The second kappa shape index (κ2) is 37.1. The molecule has 11 heterocycles. The van der Waals surface area contributed by atoms with Gasteiger partial charge in [0.15, 0.2) is 33.8 Å². The van der Waals surface area contributed by atoms with Crippen LogP contribution in [0.15, 0.2) is 50.7 Å². The fourth-order valence-electron chi connectivity index (χ4n) is 13.2. The number of aromatic nitrogens is 14. The Kier molecular flexibility index (Phi) is 28.7. The number of aryl methyl sites for hydroxylation is 1. The lowest BCUT2D eigenvalue weighted by atomic mass is 10.0. The maximum atomic E-state index is 13.2. The maximum absolute atomic E-state index is 13.2. The summed E-state index contributed by atoms with van der Waals surface area (Å²) < 4.78 is 60.7. The molecule has 17 atom stereocenters. The molecule has 7 aromatic rings. The molecular formula is C59H92N22O19P4S4. The van der Waals surface area contributed by atoms with Gasteiger partial charge in [0.2, 0.25) is 17.8 Å². The SMILES string of the molecule is CCCCCCCCCCCCCCCC(=O)NCC(O)COP(O)(=S)OC[C@H]1O[C@@H](n2cc(C)c(=O)[nH]c2=O)CC1NP(O)(=S)OC[C@H]1O[C@@H](n2cnc3c(N)ncnc32)CC1NP(O)(=S)OC[C@H]1O[C@@H](n2cnc3c(=O)[nH]c(N)nc32)CC1NP(O)(=S)OC[C@H]1O[C@@H](n2cnc3c(=O)[nH]c(N)nc32)CC1N. The quantitative estimate of drug-likeness (QED) is 0.0192. The van der Waals surface area contributed by atoms with Crippen LogP contribution >= 0.6 is 26.6 Å². The topological polar surface area (TPSA) is 579 Å². The van der Waals surface area contributed by atoms with Crippen molar-refractivity contribution in [1.29, 1.82) is 0 Å². The minimum atomic E-state index is -4.23. The van der Waals surface area contributed by atoms with Crippen molar-refractivity contribution >= 4 is 131 Å². The Balaban J connectivity index is 0.726. The molecule has 4 fully saturated rings. The third-order valence-electron chi connectivity index (χ3n) is 18.8. The number of amides is 1. The Hall–Kier alpha value is -5.32. The van der Waals surface area contributed by atoms with Gasteiger partial charge in [0.05, 0.1) is 82.5 Å². The molecule has 108 heavy (non-hydrogen) atoms. The van der Waals surface area contributed by atoms with Crippen molar-refractivity contribution in [2.75, 3.05) is 56.8 Å². The summed E-state index contributed by atoms with van der Waals surface area (Å²) >= 11 is 22.5. The third kappa shape index (κ3) is 22.1. The molecule has 41 nitrogen and oxygen atoms in total. The largest absolute Gasteiger partial charge is 0.389 e. The molecular weight excluding hydrogens is 1570 g/mol. The zero-order valence-electron chi connectivity index (χ0n) is 59.0. The van der Waals surface area contributed by atoms with Crippen molar-refractivity contribution < 1.29 is 71.0 Å². The molecule has 9 unspecified atom stereocenters. The van der Waals surface area contributed by atoms with Gasteiger partial charge in [0, 0.05) is 74.6 Å². The Morgan fingerprint density at radius 3 is 1.49 bits per heavy atom. The summed E-state index contributed by atoms with van der Waals surface area (Å²) in [5, 5.41) is 22.3. The molecule has 0 aromatic carbocycles. The standard InChI is InChI=1S/C59H92N22O19P4S4/c1-3-4-5-6-7-8-9-10-11-12-13-14-15-16-42(83)64-21-33(82)23-95-104(91,108)96-27-41-35(18-44(98-41)78-22-32(2)54(84)74-59(78)87)75-102(89,106)93-25-39-36(19-45(99-39)79-29-67-47-50(61)65-28-66-51(47)79)77-103(90,107)94-26-40-37(20-46(100-40)81-31-69-49-53(81)71-58(63)73-56(49)86)76-101(88,105)92-24-38-34(60)17-43(97-38)80-30-68-48-52(80)70-57(62)72-55(48)85/h22,28-31,33-41,43-46,82H,3-21,23-27,60H2,1-2H3,(H,64,83)(H,91,108)(H2,61,65,66)(H,74,84,87)(H2,75,89,106)(H2,76,88,105)(H2,77,90,107)(H3,62,70,72,85)(H3,63,71,73,86)/t33?,34?,35?,36?,37?,38-,39-,40-,41-,43-,44-,45-,46-,101?,102?,103?,104?/m1/s1. The minimum Gasteiger partial charge on any atom is -0.389 e. The first-order valence-electron chi connectivity index (χ1n) is 35.3. The number of rotatable bonds is 41. The molecule has 0 radical (unpaired) electrons. The van der Waals surface area contributed by atoms with Gasteiger partial charge in [-0.3, -0.25) is 52.4 Å². The third-order valence-corrected chi connectivity index (χ3v) is 25.7. The molecule has 4 saturated heterocycles. The van der Waals surface area contributed by atoms with Crippen LogP contribution in [0.25, 0.3) is 33.5 Å². The van der Waals surface area contributed by atoms with Crippen LogP contribution in [0.1, 0.15) is 153 Å². The number of carbonyl (C=O) groups is 1. The zero-order valence-corrected chi connectivity index (χ0v) is 65.8. The number of nitrogens with one attached hydrogen (secondary N) is 7.